The van der Waals surface area contributed by atoms with E-state index in [9.17, 15) is 4.79 Å². The maximum Gasteiger partial charge on any atom is 0.228 e. The Morgan fingerprint density at radius 3 is 2.78 bits per heavy atom. The number of ether oxygens (including phenoxy) is 2. The molecule has 1 amide bonds. The molecule has 2 aromatic rings. The summed E-state index contributed by atoms with van der Waals surface area (Å²) in [4.78, 5) is 16.6. The number of hydrogen-bond donors (Lipinski definition) is 1. The van der Waals surface area contributed by atoms with Gasteiger partial charge in [0.15, 0.2) is 5.13 Å². The molecule has 6 heteroatoms. The number of carbonyl (C=O) groups excluding carboxylic acids is 1. The highest BCUT2D eigenvalue weighted by molar-refractivity contribution is 7.14. The number of nitrogens with one attached hydrogen (secondary N) is 1. The summed E-state index contributed by atoms with van der Waals surface area (Å²) in [6, 6.07) is 5.55. The summed E-state index contributed by atoms with van der Waals surface area (Å²) in [5.74, 6) is 1.44. The number of methoxy groups -OCH3 is 2. The van der Waals surface area contributed by atoms with Crippen molar-refractivity contribution < 1.29 is 14.3 Å². The summed E-state index contributed by atoms with van der Waals surface area (Å²) < 4.78 is 10.6. The SMILES string of the molecule is CCC[C@H](C)C(=O)Nc1nc(-c2cc(OC)ccc2OC)cs1. The zero-order chi connectivity index (χ0) is 16.8. The van der Waals surface area contributed by atoms with Crippen LogP contribution in [0.3, 0.4) is 0 Å². The second kappa shape index (κ2) is 7.97. The second-order valence-electron chi connectivity index (χ2n) is 5.28. The topological polar surface area (TPSA) is 60.5 Å². The van der Waals surface area contributed by atoms with Crippen LogP contribution in [0.5, 0.6) is 11.5 Å². The minimum Gasteiger partial charge on any atom is -0.497 e. The maximum absolute atomic E-state index is 12.1. The molecular weight excluding hydrogens is 312 g/mol. The first kappa shape index (κ1) is 17.3. The van der Waals surface area contributed by atoms with Crippen molar-refractivity contribution in [3.63, 3.8) is 0 Å². The summed E-state index contributed by atoms with van der Waals surface area (Å²) >= 11 is 1.40. The minimum atomic E-state index is -0.0151. The first-order chi connectivity index (χ1) is 11.1. The number of rotatable bonds is 7. The van der Waals surface area contributed by atoms with Crippen molar-refractivity contribution in [3.8, 4) is 22.8 Å². The molecule has 0 unspecified atom stereocenters. The van der Waals surface area contributed by atoms with Crippen molar-refractivity contribution >= 4 is 22.4 Å². The zero-order valence-corrected chi connectivity index (χ0v) is 14.7. The Labute approximate surface area is 140 Å². The Morgan fingerprint density at radius 1 is 1.35 bits per heavy atom. The molecule has 5 nitrogen and oxygen atoms in total. The number of hydrogen-bond acceptors (Lipinski definition) is 5. The van der Waals surface area contributed by atoms with Crippen molar-refractivity contribution in [1.29, 1.82) is 0 Å². The third-order valence-electron chi connectivity index (χ3n) is 3.59. The lowest BCUT2D eigenvalue weighted by Gasteiger charge is -2.09. The number of aromatic nitrogens is 1. The fraction of sp³-hybridized carbons (Fsp3) is 0.412. The molecule has 0 radical (unpaired) electrons. The normalized spacial score (nSPS) is 11.8. The average Bonchev–Trinajstić information content (AvgIpc) is 3.02. The summed E-state index contributed by atoms with van der Waals surface area (Å²) in [6.07, 6.45) is 1.85. The van der Waals surface area contributed by atoms with E-state index in [4.69, 9.17) is 9.47 Å². The molecule has 0 spiro atoms. The van der Waals surface area contributed by atoms with E-state index in [1.165, 1.54) is 11.3 Å². The van der Waals surface area contributed by atoms with Crippen LogP contribution >= 0.6 is 11.3 Å². The summed E-state index contributed by atoms with van der Waals surface area (Å²) in [5.41, 5.74) is 1.59. The molecule has 23 heavy (non-hydrogen) atoms. The summed E-state index contributed by atoms with van der Waals surface area (Å²) in [5, 5.41) is 5.37. The highest BCUT2D eigenvalue weighted by Gasteiger charge is 2.16. The van der Waals surface area contributed by atoms with E-state index in [2.05, 4.69) is 17.2 Å². The molecule has 0 aliphatic carbocycles. The minimum absolute atomic E-state index is 0.00496. The van der Waals surface area contributed by atoms with Crippen LogP contribution in [0.4, 0.5) is 5.13 Å². The van der Waals surface area contributed by atoms with Gasteiger partial charge >= 0.3 is 0 Å². The monoisotopic (exact) mass is 334 g/mol. The van der Waals surface area contributed by atoms with E-state index >= 15 is 0 Å². The van der Waals surface area contributed by atoms with Gasteiger partial charge in [-0.1, -0.05) is 20.3 Å². The van der Waals surface area contributed by atoms with Crippen molar-refractivity contribution in [3.05, 3.63) is 23.6 Å². The van der Waals surface area contributed by atoms with Crippen LogP contribution < -0.4 is 14.8 Å². The van der Waals surface area contributed by atoms with Crippen molar-refractivity contribution in [2.24, 2.45) is 5.92 Å². The van der Waals surface area contributed by atoms with Gasteiger partial charge in [0.05, 0.1) is 19.9 Å². The van der Waals surface area contributed by atoms with Crippen LogP contribution in [0.25, 0.3) is 11.3 Å². The van der Waals surface area contributed by atoms with E-state index in [0.717, 1.165) is 29.8 Å². The number of benzene rings is 1. The van der Waals surface area contributed by atoms with E-state index in [0.29, 0.717) is 10.9 Å². The molecule has 0 aliphatic heterocycles. The van der Waals surface area contributed by atoms with E-state index in [-0.39, 0.29) is 11.8 Å². The van der Waals surface area contributed by atoms with Gasteiger partial charge in [-0.25, -0.2) is 4.98 Å². The third-order valence-corrected chi connectivity index (χ3v) is 4.34. The Hall–Kier alpha value is -2.08. The molecular formula is C17H22N2O3S. The lowest BCUT2D eigenvalue weighted by Crippen LogP contribution is -2.20. The van der Waals surface area contributed by atoms with Crippen LogP contribution in [-0.4, -0.2) is 25.1 Å². The Morgan fingerprint density at radius 2 is 2.13 bits per heavy atom. The van der Waals surface area contributed by atoms with Crippen molar-refractivity contribution in [2.75, 3.05) is 19.5 Å². The second-order valence-corrected chi connectivity index (χ2v) is 6.14. The fourth-order valence-electron chi connectivity index (χ4n) is 2.26. The van der Waals surface area contributed by atoms with Gasteiger partial charge < -0.3 is 14.8 Å². The molecule has 1 atom stereocenters. The molecule has 1 aromatic heterocycles. The molecule has 0 saturated carbocycles. The number of carbonyl (C=O) groups is 1. The molecule has 0 saturated heterocycles. The lowest BCUT2D eigenvalue weighted by atomic mass is 10.1. The maximum atomic E-state index is 12.1. The number of amides is 1. The lowest BCUT2D eigenvalue weighted by molar-refractivity contribution is -0.119. The molecule has 0 bridgehead atoms. The largest absolute Gasteiger partial charge is 0.497 e. The highest BCUT2D eigenvalue weighted by atomic mass is 32.1. The Bertz CT molecular complexity index is 670. The molecule has 1 heterocycles. The molecule has 2 rings (SSSR count). The fourth-order valence-corrected chi connectivity index (χ4v) is 2.98. The Kier molecular flexibility index (Phi) is 5.98. The highest BCUT2D eigenvalue weighted by Crippen LogP contribution is 2.35. The van der Waals surface area contributed by atoms with Crippen LogP contribution in [0.2, 0.25) is 0 Å². The first-order valence-electron chi connectivity index (χ1n) is 7.57. The summed E-state index contributed by atoms with van der Waals surface area (Å²) in [6.45, 7) is 4.00. The van der Waals surface area contributed by atoms with Gasteiger partial charge in [0.25, 0.3) is 0 Å². The van der Waals surface area contributed by atoms with Crippen LogP contribution in [0.1, 0.15) is 26.7 Å². The molecule has 1 N–H and O–H groups in total. The molecule has 1 aromatic carbocycles. The van der Waals surface area contributed by atoms with Gasteiger partial charge in [0.1, 0.15) is 11.5 Å². The smallest absolute Gasteiger partial charge is 0.228 e. The standard InChI is InChI=1S/C17H22N2O3S/c1-5-6-11(2)16(20)19-17-18-14(10-23-17)13-9-12(21-3)7-8-15(13)22-4/h7-11H,5-6H2,1-4H3,(H,18,19,20)/t11-/m0/s1. The zero-order valence-electron chi connectivity index (χ0n) is 13.9. The predicted octanol–water partition coefficient (Wildman–Crippen LogP) is 4.20. The predicted molar refractivity (Wildman–Crippen MR) is 93.4 cm³/mol. The van der Waals surface area contributed by atoms with Crippen LogP contribution in [0, 0.1) is 5.92 Å². The van der Waals surface area contributed by atoms with Crippen molar-refractivity contribution in [1.82, 2.24) is 4.98 Å². The molecule has 0 aliphatic rings. The van der Waals surface area contributed by atoms with Crippen LogP contribution in [-0.2, 0) is 4.79 Å². The molecule has 0 fully saturated rings. The van der Waals surface area contributed by atoms with Gasteiger partial charge in [-0.15, -0.1) is 11.3 Å². The van der Waals surface area contributed by atoms with E-state index in [1.807, 2.05) is 30.5 Å². The first-order valence-corrected chi connectivity index (χ1v) is 8.45. The van der Waals surface area contributed by atoms with E-state index in [1.54, 1.807) is 14.2 Å². The van der Waals surface area contributed by atoms with Gasteiger partial charge in [0.2, 0.25) is 5.91 Å². The van der Waals surface area contributed by atoms with Gasteiger partial charge in [-0.05, 0) is 24.6 Å². The molecule has 124 valence electrons. The van der Waals surface area contributed by atoms with E-state index < -0.39 is 0 Å². The van der Waals surface area contributed by atoms with Crippen LogP contribution in [0.15, 0.2) is 23.6 Å². The Balaban J connectivity index is 2.20. The number of nitrogens with zero attached hydrogens (tertiary/aromatic N) is 1. The van der Waals surface area contributed by atoms with Gasteiger partial charge in [0, 0.05) is 16.9 Å². The number of anilines is 1. The van der Waals surface area contributed by atoms with Crippen molar-refractivity contribution in [2.45, 2.75) is 26.7 Å². The van der Waals surface area contributed by atoms with Gasteiger partial charge in [-0.2, -0.15) is 0 Å². The van der Waals surface area contributed by atoms with Gasteiger partial charge in [-0.3, -0.25) is 4.79 Å². The third kappa shape index (κ3) is 4.22. The number of thiazole rings is 1. The summed E-state index contributed by atoms with van der Waals surface area (Å²) in [7, 11) is 3.24. The average molecular weight is 334 g/mol. The quantitative estimate of drug-likeness (QED) is 0.824.